The molecule has 7 nitrogen and oxygen atoms in total. The SMILES string of the molecule is COc1cc(C(=O)N2CCC3(CC2)NC(=O)c2cc(Br)ccc2O3)cc2c(OC)cccc12. The smallest absolute Gasteiger partial charge is 0.258 e. The molecule has 1 saturated heterocycles. The zero-order valence-corrected chi connectivity index (χ0v) is 19.9. The molecule has 1 spiro atoms. The van der Waals surface area contributed by atoms with Crippen LogP contribution in [0.1, 0.15) is 33.6 Å². The highest BCUT2D eigenvalue weighted by Gasteiger charge is 2.43. The van der Waals surface area contributed by atoms with Gasteiger partial charge in [0.1, 0.15) is 17.2 Å². The highest BCUT2D eigenvalue weighted by atomic mass is 79.9. The lowest BCUT2D eigenvalue weighted by Crippen LogP contribution is -2.61. The number of benzene rings is 3. The fourth-order valence-electron chi connectivity index (χ4n) is 4.55. The Morgan fingerprint density at radius 3 is 2.52 bits per heavy atom. The Hall–Kier alpha value is -3.26. The molecule has 2 amide bonds. The highest BCUT2D eigenvalue weighted by Crippen LogP contribution is 2.37. The van der Waals surface area contributed by atoms with Gasteiger partial charge in [-0.1, -0.05) is 28.1 Å². The van der Waals surface area contributed by atoms with Gasteiger partial charge in [-0.2, -0.15) is 0 Å². The summed E-state index contributed by atoms with van der Waals surface area (Å²) in [6.45, 7) is 0.911. The third-order valence-corrected chi connectivity index (χ3v) is 6.79. The van der Waals surface area contributed by atoms with E-state index >= 15 is 0 Å². The van der Waals surface area contributed by atoms with Gasteiger partial charge in [0, 0.05) is 46.7 Å². The van der Waals surface area contributed by atoms with Crippen molar-refractivity contribution in [2.75, 3.05) is 27.3 Å². The zero-order chi connectivity index (χ0) is 23.2. The van der Waals surface area contributed by atoms with Gasteiger partial charge < -0.3 is 24.4 Å². The molecule has 0 aliphatic carbocycles. The first kappa shape index (κ1) is 21.6. The van der Waals surface area contributed by atoms with E-state index in [1.54, 1.807) is 37.3 Å². The molecule has 3 aromatic rings. The van der Waals surface area contributed by atoms with Crippen LogP contribution in [0.2, 0.25) is 0 Å². The fraction of sp³-hybridized carbons (Fsp3) is 0.280. The quantitative estimate of drug-likeness (QED) is 0.565. The summed E-state index contributed by atoms with van der Waals surface area (Å²) in [4.78, 5) is 27.8. The molecule has 0 atom stereocenters. The predicted molar refractivity (Wildman–Crippen MR) is 127 cm³/mol. The van der Waals surface area contributed by atoms with Gasteiger partial charge in [-0.25, -0.2) is 0 Å². The topological polar surface area (TPSA) is 77.1 Å². The Bertz CT molecular complexity index is 1270. The van der Waals surface area contributed by atoms with Crippen LogP contribution in [-0.4, -0.2) is 49.7 Å². The second kappa shape index (κ2) is 8.26. The Balaban J connectivity index is 1.38. The number of carbonyl (C=O) groups is 2. The molecule has 2 aliphatic rings. The lowest BCUT2D eigenvalue weighted by atomic mass is 9.96. The van der Waals surface area contributed by atoms with E-state index in [-0.39, 0.29) is 11.8 Å². The number of carbonyl (C=O) groups excluding carboxylic acids is 2. The highest BCUT2D eigenvalue weighted by molar-refractivity contribution is 9.10. The van der Waals surface area contributed by atoms with Crippen LogP contribution in [0.15, 0.2) is 53.0 Å². The van der Waals surface area contributed by atoms with Crippen molar-refractivity contribution in [1.29, 1.82) is 0 Å². The second-order valence-electron chi connectivity index (χ2n) is 8.22. The Morgan fingerprint density at radius 2 is 1.79 bits per heavy atom. The number of fused-ring (bicyclic) bond motifs is 2. The van der Waals surface area contributed by atoms with Crippen LogP contribution in [0.5, 0.6) is 17.2 Å². The van der Waals surface area contributed by atoms with Crippen LogP contribution < -0.4 is 19.5 Å². The number of nitrogens with zero attached hydrogens (tertiary/aromatic N) is 1. The van der Waals surface area contributed by atoms with Crippen LogP contribution in [0.4, 0.5) is 0 Å². The number of hydrogen-bond acceptors (Lipinski definition) is 5. The molecule has 0 unspecified atom stereocenters. The summed E-state index contributed by atoms with van der Waals surface area (Å²) < 4.78 is 18.1. The number of halogens is 1. The molecule has 170 valence electrons. The Labute approximate surface area is 199 Å². The van der Waals surface area contributed by atoms with Crippen LogP contribution in [-0.2, 0) is 0 Å². The minimum absolute atomic E-state index is 0.0950. The summed E-state index contributed by atoms with van der Waals surface area (Å²) in [5.74, 6) is 1.61. The molecule has 0 radical (unpaired) electrons. The first-order chi connectivity index (χ1) is 15.9. The van der Waals surface area contributed by atoms with Crippen LogP contribution in [0, 0.1) is 0 Å². The molecule has 0 aromatic heterocycles. The van der Waals surface area contributed by atoms with Crippen LogP contribution in [0.25, 0.3) is 10.8 Å². The molecule has 0 bridgehead atoms. The summed E-state index contributed by atoms with van der Waals surface area (Å²) in [5.41, 5.74) is 0.230. The first-order valence-electron chi connectivity index (χ1n) is 10.7. The van der Waals surface area contributed by atoms with E-state index in [1.165, 1.54) is 0 Å². The maximum atomic E-state index is 13.4. The van der Waals surface area contributed by atoms with Crippen molar-refractivity contribution in [3.05, 3.63) is 64.1 Å². The van der Waals surface area contributed by atoms with E-state index in [0.717, 1.165) is 15.2 Å². The third kappa shape index (κ3) is 3.78. The minimum atomic E-state index is -0.807. The maximum absolute atomic E-state index is 13.4. The van der Waals surface area contributed by atoms with E-state index in [0.29, 0.717) is 54.3 Å². The van der Waals surface area contributed by atoms with Gasteiger partial charge >= 0.3 is 0 Å². The summed E-state index contributed by atoms with van der Waals surface area (Å²) in [6.07, 6.45) is 0.988. The van der Waals surface area contributed by atoms with Gasteiger partial charge in [0.15, 0.2) is 5.72 Å². The number of hydrogen-bond donors (Lipinski definition) is 1. The summed E-state index contributed by atoms with van der Waals surface area (Å²) in [6, 6.07) is 14.7. The van der Waals surface area contributed by atoms with Crippen molar-refractivity contribution in [3.8, 4) is 17.2 Å². The van der Waals surface area contributed by atoms with Crippen LogP contribution >= 0.6 is 15.9 Å². The molecule has 1 fully saturated rings. The van der Waals surface area contributed by atoms with E-state index in [1.807, 2.05) is 30.3 Å². The van der Waals surface area contributed by atoms with Crippen molar-refractivity contribution < 1.29 is 23.8 Å². The number of piperidine rings is 1. The molecule has 3 aromatic carbocycles. The van der Waals surface area contributed by atoms with Crippen molar-refractivity contribution >= 4 is 38.5 Å². The molecule has 0 saturated carbocycles. The Morgan fingerprint density at radius 1 is 1.03 bits per heavy atom. The van der Waals surface area contributed by atoms with Crippen LogP contribution in [0.3, 0.4) is 0 Å². The van der Waals surface area contributed by atoms with Gasteiger partial charge in [0.25, 0.3) is 11.8 Å². The van der Waals surface area contributed by atoms with E-state index in [4.69, 9.17) is 14.2 Å². The standard InChI is InChI=1S/C25H23BrN2O5/c1-31-20-5-3-4-17-18(20)12-15(13-22(17)32-2)24(30)28-10-8-25(9-11-28)27-23(29)19-14-16(26)6-7-21(19)33-25/h3-7,12-14H,8-11H2,1-2H3,(H,27,29). The molecule has 2 heterocycles. The molecular weight excluding hydrogens is 488 g/mol. The lowest BCUT2D eigenvalue weighted by molar-refractivity contribution is -0.0245. The first-order valence-corrected chi connectivity index (χ1v) is 11.5. The maximum Gasteiger partial charge on any atom is 0.258 e. The van der Waals surface area contributed by atoms with Crippen molar-refractivity contribution in [2.24, 2.45) is 0 Å². The van der Waals surface area contributed by atoms with Gasteiger partial charge in [0.2, 0.25) is 0 Å². The predicted octanol–water partition coefficient (Wildman–Crippen LogP) is 4.37. The largest absolute Gasteiger partial charge is 0.496 e. The molecule has 2 aliphatic heterocycles. The average Bonchev–Trinajstić information content (AvgIpc) is 2.83. The van der Waals surface area contributed by atoms with Gasteiger partial charge in [0.05, 0.1) is 19.8 Å². The van der Waals surface area contributed by atoms with Gasteiger partial charge in [-0.3, -0.25) is 9.59 Å². The summed E-state index contributed by atoms with van der Waals surface area (Å²) in [7, 11) is 3.20. The van der Waals surface area contributed by atoms with E-state index in [9.17, 15) is 9.59 Å². The van der Waals surface area contributed by atoms with Gasteiger partial charge in [-0.15, -0.1) is 0 Å². The minimum Gasteiger partial charge on any atom is -0.496 e. The molecule has 1 N–H and O–H groups in total. The number of ether oxygens (including phenoxy) is 3. The van der Waals surface area contributed by atoms with E-state index < -0.39 is 5.72 Å². The molecule has 8 heteroatoms. The number of likely N-dealkylation sites (tertiary alicyclic amines) is 1. The van der Waals surface area contributed by atoms with Crippen molar-refractivity contribution in [2.45, 2.75) is 18.6 Å². The second-order valence-corrected chi connectivity index (χ2v) is 9.13. The molecule has 5 rings (SSSR count). The molecule has 33 heavy (non-hydrogen) atoms. The number of amides is 2. The van der Waals surface area contributed by atoms with Crippen molar-refractivity contribution in [3.63, 3.8) is 0 Å². The van der Waals surface area contributed by atoms with E-state index in [2.05, 4.69) is 21.2 Å². The monoisotopic (exact) mass is 510 g/mol. The normalized spacial score (nSPS) is 16.7. The van der Waals surface area contributed by atoms with Crippen molar-refractivity contribution in [1.82, 2.24) is 10.2 Å². The lowest BCUT2D eigenvalue weighted by Gasteiger charge is -2.44. The average molecular weight is 511 g/mol. The zero-order valence-electron chi connectivity index (χ0n) is 18.3. The number of methoxy groups -OCH3 is 2. The fourth-order valence-corrected chi connectivity index (χ4v) is 4.91. The van der Waals surface area contributed by atoms with Gasteiger partial charge in [-0.05, 0) is 36.4 Å². The summed E-state index contributed by atoms with van der Waals surface area (Å²) in [5, 5.41) is 4.72. The number of rotatable bonds is 3. The Kier molecular flexibility index (Phi) is 5.40. The number of nitrogens with one attached hydrogen (secondary N) is 1. The summed E-state index contributed by atoms with van der Waals surface area (Å²) >= 11 is 3.39. The molecular formula is C25H23BrN2O5. The third-order valence-electron chi connectivity index (χ3n) is 6.30.